The molecule has 2 rings (SSSR count). The number of methoxy groups -OCH3 is 2. The van der Waals surface area contributed by atoms with E-state index in [0.29, 0.717) is 11.5 Å². The number of thioether (sulfide) groups is 1. The predicted octanol–water partition coefficient (Wildman–Crippen LogP) is 3.89. The fourth-order valence-corrected chi connectivity index (χ4v) is 4.28. The molecule has 0 aliphatic carbocycles. The van der Waals surface area contributed by atoms with Crippen LogP contribution in [0.4, 0.5) is 0 Å². The maximum atomic E-state index is 5.51. The molecule has 118 valence electrons. The van der Waals surface area contributed by atoms with Gasteiger partial charge in [-0.05, 0) is 30.6 Å². The van der Waals surface area contributed by atoms with Gasteiger partial charge >= 0.3 is 0 Å². The molecule has 0 spiro atoms. The van der Waals surface area contributed by atoms with Crippen LogP contribution in [0.25, 0.3) is 0 Å². The average Bonchev–Trinajstić information content (AvgIpc) is 2.45. The van der Waals surface area contributed by atoms with Crippen molar-refractivity contribution in [3.05, 3.63) is 23.8 Å². The zero-order valence-corrected chi connectivity index (χ0v) is 14.5. The molecule has 2 atom stereocenters. The lowest BCUT2D eigenvalue weighted by molar-refractivity contribution is 0.302. The van der Waals surface area contributed by atoms with E-state index in [1.807, 2.05) is 23.9 Å². The SMILES string of the molecule is COc1ccc(C(C)NC2CSCC(C)(C)C2)c(OC)c1. The highest BCUT2D eigenvalue weighted by Gasteiger charge is 2.29. The van der Waals surface area contributed by atoms with Crippen molar-refractivity contribution >= 4 is 11.8 Å². The molecule has 1 fully saturated rings. The molecule has 1 N–H and O–H groups in total. The molecule has 1 aromatic carbocycles. The van der Waals surface area contributed by atoms with Gasteiger partial charge in [0.1, 0.15) is 11.5 Å². The molecule has 3 nitrogen and oxygen atoms in total. The number of benzene rings is 1. The summed E-state index contributed by atoms with van der Waals surface area (Å²) in [6.07, 6.45) is 1.23. The molecule has 0 radical (unpaired) electrons. The number of hydrogen-bond acceptors (Lipinski definition) is 4. The summed E-state index contributed by atoms with van der Waals surface area (Å²) in [4.78, 5) is 0. The van der Waals surface area contributed by atoms with E-state index < -0.39 is 0 Å². The van der Waals surface area contributed by atoms with Crippen LogP contribution in [0.3, 0.4) is 0 Å². The van der Waals surface area contributed by atoms with Gasteiger partial charge in [-0.3, -0.25) is 0 Å². The largest absolute Gasteiger partial charge is 0.497 e. The fraction of sp³-hybridized carbons (Fsp3) is 0.647. The van der Waals surface area contributed by atoms with Crippen molar-refractivity contribution in [2.45, 2.75) is 39.3 Å². The first kappa shape index (κ1) is 16.5. The van der Waals surface area contributed by atoms with Gasteiger partial charge in [-0.15, -0.1) is 0 Å². The number of nitrogens with one attached hydrogen (secondary N) is 1. The minimum absolute atomic E-state index is 0.269. The van der Waals surface area contributed by atoms with Crippen LogP contribution in [0.15, 0.2) is 18.2 Å². The summed E-state index contributed by atoms with van der Waals surface area (Å²) in [5, 5.41) is 3.76. The molecule has 21 heavy (non-hydrogen) atoms. The Morgan fingerprint density at radius 2 is 2.05 bits per heavy atom. The molecule has 1 aliphatic heterocycles. The van der Waals surface area contributed by atoms with E-state index in [4.69, 9.17) is 9.47 Å². The van der Waals surface area contributed by atoms with Gasteiger partial charge in [0.15, 0.2) is 0 Å². The molecule has 1 heterocycles. The molecule has 0 bridgehead atoms. The predicted molar refractivity (Wildman–Crippen MR) is 90.6 cm³/mol. The first-order valence-electron chi connectivity index (χ1n) is 7.51. The van der Waals surface area contributed by atoms with Gasteiger partial charge in [-0.1, -0.05) is 19.9 Å². The number of rotatable bonds is 5. The lowest BCUT2D eigenvalue weighted by atomic mass is 9.87. The molecule has 1 saturated heterocycles. The zero-order chi connectivity index (χ0) is 15.5. The van der Waals surface area contributed by atoms with Gasteiger partial charge in [-0.25, -0.2) is 0 Å². The Morgan fingerprint density at radius 1 is 1.29 bits per heavy atom. The van der Waals surface area contributed by atoms with Gasteiger partial charge in [0, 0.05) is 29.5 Å². The number of hydrogen-bond donors (Lipinski definition) is 1. The van der Waals surface area contributed by atoms with Gasteiger partial charge < -0.3 is 14.8 Å². The van der Waals surface area contributed by atoms with Crippen LogP contribution in [-0.4, -0.2) is 31.8 Å². The van der Waals surface area contributed by atoms with Crippen LogP contribution in [0.5, 0.6) is 11.5 Å². The Bertz CT molecular complexity index is 476. The highest BCUT2D eigenvalue weighted by molar-refractivity contribution is 7.99. The van der Waals surface area contributed by atoms with Gasteiger partial charge in [-0.2, -0.15) is 11.8 Å². The lowest BCUT2D eigenvalue weighted by Gasteiger charge is -2.36. The summed E-state index contributed by atoms with van der Waals surface area (Å²) < 4.78 is 10.8. The summed E-state index contributed by atoms with van der Waals surface area (Å²) in [6.45, 7) is 6.91. The average molecular weight is 309 g/mol. The van der Waals surface area contributed by atoms with Crippen molar-refractivity contribution in [2.75, 3.05) is 25.7 Å². The molecule has 2 unspecified atom stereocenters. The van der Waals surface area contributed by atoms with E-state index in [0.717, 1.165) is 11.5 Å². The van der Waals surface area contributed by atoms with E-state index in [2.05, 4.69) is 32.2 Å². The van der Waals surface area contributed by atoms with Crippen molar-refractivity contribution < 1.29 is 9.47 Å². The van der Waals surface area contributed by atoms with Crippen molar-refractivity contribution in [1.29, 1.82) is 0 Å². The molecular formula is C17H27NO2S. The van der Waals surface area contributed by atoms with E-state index in [1.54, 1.807) is 14.2 Å². The van der Waals surface area contributed by atoms with Gasteiger partial charge in [0.05, 0.1) is 14.2 Å². The summed E-state index contributed by atoms with van der Waals surface area (Å²) in [5.74, 6) is 4.16. The Labute approximate surface area is 132 Å². The van der Waals surface area contributed by atoms with Crippen LogP contribution in [0, 0.1) is 5.41 Å². The Morgan fingerprint density at radius 3 is 2.67 bits per heavy atom. The van der Waals surface area contributed by atoms with Crippen LogP contribution in [0.2, 0.25) is 0 Å². The highest BCUT2D eigenvalue weighted by atomic mass is 32.2. The topological polar surface area (TPSA) is 30.5 Å². The minimum atomic E-state index is 0.269. The third kappa shape index (κ3) is 4.30. The van der Waals surface area contributed by atoms with Crippen LogP contribution in [0.1, 0.15) is 38.8 Å². The van der Waals surface area contributed by atoms with E-state index in [9.17, 15) is 0 Å². The molecule has 1 aliphatic rings. The molecule has 4 heteroatoms. The second kappa shape index (κ2) is 6.93. The lowest BCUT2D eigenvalue weighted by Crippen LogP contribution is -2.41. The summed E-state index contributed by atoms with van der Waals surface area (Å²) >= 11 is 2.05. The second-order valence-corrected chi connectivity index (χ2v) is 7.61. The van der Waals surface area contributed by atoms with Crippen LogP contribution < -0.4 is 14.8 Å². The molecule has 0 amide bonds. The Balaban J connectivity index is 2.07. The van der Waals surface area contributed by atoms with Crippen molar-refractivity contribution in [1.82, 2.24) is 5.32 Å². The van der Waals surface area contributed by atoms with Crippen LogP contribution in [-0.2, 0) is 0 Å². The number of ether oxygens (including phenoxy) is 2. The van der Waals surface area contributed by atoms with Crippen molar-refractivity contribution in [3.63, 3.8) is 0 Å². The smallest absolute Gasteiger partial charge is 0.127 e. The summed E-state index contributed by atoms with van der Waals surface area (Å²) in [5.41, 5.74) is 1.61. The third-order valence-electron chi connectivity index (χ3n) is 4.00. The Kier molecular flexibility index (Phi) is 5.44. The molecule has 0 saturated carbocycles. The minimum Gasteiger partial charge on any atom is -0.497 e. The maximum absolute atomic E-state index is 5.51. The maximum Gasteiger partial charge on any atom is 0.127 e. The second-order valence-electron chi connectivity index (χ2n) is 6.58. The van der Waals surface area contributed by atoms with E-state index >= 15 is 0 Å². The molecular weight excluding hydrogens is 282 g/mol. The van der Waals surface area contributed by atoms with Gasteiger partial charge in [0.2, 0.25) is 0 Å². The quantitative estimate of drug-likeness (QED) is 0.894. The highest BCUT2D eigenvalue weighted by Crippen LogP contribution is 2.35. The van der Waals surface area contributed by atoms with Crippen molar-refractivity contribution in [3.8, 4) is 11.5 Å². The molecule has 1 aromatic rings. The third-order valence-corrected chi connectivity index (χ3v) is 5.63. The zero-order valence-electron chi connectivity index (χ0n) is 13.7. The normalized spacial score (nSPS) is 22.6. The first-order valence-corrected chi connectivity index (χ1v) is 8.66. The summed E-state index contributed by atoms with van der Waals surface area (Å²) in [7, 11) is 3.39. The first-order chi connectivity index (χ1) is 9.95. The monoisotopic (exact) mass is 309 g/mol. The molecule has 0 aromatic heterocycles. The van der Waals surface area contributed by atoms with E-state index in [1.165, 1.54) is 23.5 Å². The summed E-state index contributed by atoms with van der Waals surface area (Å²) in [6, 6.07) is 6.87. The van der Waals surface area contributed by atoms with Crippen molar-refractivity contribution in [2.24, 2.45) is 5.41 Å². The standard InChI is InChI=1S/C17H27NO2S/c1-12(18-13-9-17(2,3)11-21-10-13)15-7-6-14(19-4)8-16(15)20-5/h6-8,12-13,18H,9-11H2,1-5H3. The Hall–Kier alpha value is -0.870. The van der Waals surface area contributed by atoms with Gasteiger partial charge in [0.25, 0.3) is 0 Å². The van der Waals surface area contributed by atoms with E-state index in [-0.39, 0.29) is 6.04 Å². The fourth-order valence-electron chi connectivity index (χ4n) is 2.99. The van der Waals surface area contributed by atoms with Crippen LogP contribution >= 0.6 is 11.8 Å².